The van der Waals surface area contributed by atoms with Gasteiger partial charge in [0.25, 0.3) is 0 Å². The smallest absolute Gasteiger partial charge is 0.161 e. The van der Waals surface area contributed by atoms with E-state index < -0.39 is 6.04 Å². The number of nitrogens with zero attached hydrogens (tertiary/aromatic N) is 1. The van der Waals surface area contributed by atoms with Crippen molar-refractivity contribution >= 4 is 0 Å². The minimum atomic E-state index is -0.546. The summed E-state index contributed by atoms with van der Waals surface area (Å²) in [4.78, 5) is 0. The summed E-state index contributed by atoms with van der Waals surface area (Å²) in [5.41, 5.74) is 1.29. The SMILES string of the molecule is N#CC(NCc1ccccc1F)c1ccc2c(c1)OCCO2. The topological polar surface area (TPSA) is 54.3 Å². The van der Waals surface area contributed by atoms with Gasteiger partial charge in [-0.3, -0.25) is 5.32 Å². The lowest BCUT2D eigenvalue weighted by molar-refractivity contribution is 0.171. The summed E-state index contributed by atoms with van der Waals surface area (Å²) >= 11 is 0. The lowest BCUT2D eigenvalue weighted by atomic mass is 10.1. The molecule has 22 heavy (non-hydrogen) atoms. The van der Waals surface area contributed by atoms with E-state index in [9.17, 15) is 9.65 Å². The molecule has 1 N–H and O–H groups in total. The fourth-order valence-corrected chi connectivity index (χ4v) is 2.33. The van der Waals surface area contributed by atoms with Crippen LogP contribution < -0.4 is 14.8 Å². The lowest BCUT2D eigenvalue weighted by Crippen LogP contribution is -2.21. The Morgan fingerprint density at radius 1 is 1.14 bits per heavy atom. The molecule has 0 saturated carbocycles. The number of fused-ring (bicyclic) bond motifs is 1. The highest BCUT2D eigenvalue weighted by atomic mass is 19.1. The molecule has 2 aromatic rings. The Bertz CT molecular complexity index is 712. The Balaban J connectivity index is 1.74. The maximum atomic E-state index is 13.6. The maximum absolute atomic E-state index is 13.6. The molecule has 1 aliphatic rings. The minimum Gasteiger partial charge on any atom is -0.486 e. The number of nitrogens with one attached hydrogen (secondary N) is 1. The average molecular weight is 298 g/mol. The predicted octanol–water partition coefficient (Wildman–Crippen LogP) is 2.95. The summed E-state index contributed by atoms with van der Waals surface area (Å²) in [5, 5.41) is 12.4. The first-order chi connectivity index (χ1) is 10.8. The van der Waals surface area contributed by atoms with Gasteiger partial charge in [-0.2, -0.15) is 5.26 Å². The van der Waals surface area contributed by atoms with E-state index in [1.807, 2.05) is 6.07 Å². The van der Waals surface area contributed by atoms with Gasteiger partial charge in [0.15, 0.2) is 11.5 Å². The van der Waals surface area contributed by atoms with E-state index in [0.29, 0.717) is 30.3 Å². The molecule has 2 aromatic carbocycles. The monoisotopic (exact) mass is 298 g/mol. The van der Waals surface area contributed by atoms with E-state index in [-0.39, 0.29) is 12.4 Å². The van der Waals surface area contributed by atoms with Crippen LogP contribution in [0.15, 0.2) is 42.5 Å². The zero-order valence-corrected chi connectivity index (χ0v) is 11.9. The number of benzene rings is 2. The van der Waals surface area contributed by atoms with Gasteiger partial charge in [0, 0.05) is 12.1 Å². The molecule has 5 heteroatoms. The molecule has 0 aromatic heterocycles. The van der Waals surface area contributed by atoms with Gasteiger partial charge in [0.05, 0.1) is 6.07 Å². The number of hydrogen-bond donors (Lipinski definition) is 1. The fraction of sp³-hybridized carbons (Fsp3) is 0.235. The standard InChI is InChI=1S/C17H15FN2O2/c18-14-4-2-1-3-13(14)11-20-15(10-19)12-5-6-16-17(9-12)22-8-7-21-16/h1-6,9,15,20H,7-8,11H2. The Kier molecular flexibility index (Phi) is 4.22. The number of nitriles is 1. The molecule has 0 amide bonds. The van der Waals surface area contributed by atoms with Crippen molar-refractivity contribution < 1.29 is 13.9 Å². The largest absolute Gasteiger partial charge is 0.486 e. The van der Waals surface area contributed by atoms with Crippen LogP contribution in [0, 0.1) is 17.1 Å². The molecular weight excluding hydrogens is 283 g/mol. The number of halogens is 1. The number of hydrogen-bond acceptors (Lipinski definition) is 4. The second-order valence-corrected chi connectivity index (χ2v) is 4.94. The lowest BCUT2D eigenvalue weighted by Gasteiger charge is -2.20. The summed E-state index contributed by atoms with van der Waals surface area (Å²) in [7, 11) is 0. The van der Waals surface area contributed by atoms with Gasteiger partial charge in [-0.05, 0) is 23.8 Å². The Morgan fingerprint density at radius 3 is 2.68 bits per heavy atom. The van der Waals surface area contributed by atoms with Crippen LogP contribution in [-0.2, 0) is 6.54 Å². The van der Waals surface area contributed by atoms with Gasteiger partial charge in [-0.1, -0.05) is 24.3 Å². The van der Waals surface area contributed by atoms with E-state index in [1.165, 1.54) is 6.07 Å². The van der Waals surface area contributed by atoms with Crippen LogP contribution in [0.2, 0.25) is 0 Å². The molecule has 0 bridgehead atoms. The Morgan fingerprint density at radius 2 is 1.91 bits per heavy atom. The first kappa shape index (κ1) is 14.4. The third kappa shape index (κ3) is 3.02. The Hall–Kier alpha value is -2.58. The van der Waals surface area contributed by atoms with Crippen LogP contribution in [-0.4, -0.2) is 13.2 Å². The van der Waals surface area contributed by atoms with Gasteiger partial charge < -0.3 is 9.47 Å². The molecule has 4 nitrogen and oxygen atoms in total. The van der Waals surface area contributed by atoms with Crippen molar-refractivity contribution in [2.75, 3.05) is 13.2 Å². The summed E-state index contributed by atoms with van der Waals surface area (Å²) in [6.07, 6.45) is 0. The molecule has 0 saturated heterocycles. The molecule has 1 unspecified atom stereocenters. The summed E-state index contributed by atoms with van der Waals surface area (Å²) in [6, 6.07) is 13.5. The molecule has 1 heterocycles. The number of ether oxygens (including phenoxy) is 2. The van der Waals surface area contributed by atoms with Crippen LogP contribution in [0.3, 0.4) is 0 Å². The second-order valence-electron chi connectivity index (χ2n) is 4.94. The molecule has 0 fully saturated rings. The van der Waals surface area contributed by atoms with Crippen LogP contribution in [0.1, 0.15) is 17.2 Å². The highest BCUT2D eigenvalue weighted by Gasteiger charge is 2.16. The normalized spacial score (nSPS) is 14.2. The maximum Gasteiger partial charge on any atom is 0.161 e. The molecule has 1 atom stereocenters. The van der Waals surface area contributed by atoms with Crippen molar-refractivity contribution in [3.8, 4) is 17.6 Å². The highest BCUT2D eigenvalue weighted by Crippen LogP contribution is 2.32. The van der Waals surface area contributed by atoms with E-state index in [2.05, 4.69) is 11.4 Å². The highest BCUT2D eigenvalue weighted by molar-refractivity contribution is 5.45. The number of rotatable bonds is 4. The third-order valence-corrected chi connectivity index (χ3v) is 3.48. The minimum absolute atomic E-state index is 0.277. The average Bonchev–Trinajstić information content (AvgIpc) is 2.57. The van der Waals surface area contributed by atoms with Gasteiger partial charge in [0.2, 0.25) is 0 Å². The van der Waals surface area contributed by atoms with E-state index in [1.54, 1.807) is 30.3 Å². The van der Waals surface area contributed by atoms with Crippen molar-refractivity contribution in [2.24, 2.45) is 0 Å². The molecule has 0 spiro atoms. The van der Waals surface area contributed by atoms with Crippen molar-refractivity contribution in [2.45, 2.75) is 12.6 Å². The van der Waals surface area contributed by atoms with Crippen molar-refractivity contribution in [3.05, 3.63) is 59.4 Å². The second kappa shape index (κ2) is 6.46. The van der Waals surface area contributed by atoms with Crippen LogP contribution in [0.25, 0.3) is 0 Å². The fourth-order valence-electron chi connectivity index (χ4n) is 2.33. The summed E-state index contributed by atoms with van der Waals surface area (Å²) in [6.45, 7) is 1.30. The van der Waals surface area contributed by atoms with Crippen LogP contribution in [0.4, 0.5) is 4.39 Å². The molecule has 0 aliphatic carbocycles. The zero-order chi connectivity index (χ0) is 15.4. The third-order valence-electron chi connectivity index (χ3n) is 3.48. The molecule has 0 radical (unpaired) electrons. The van der Waals surface area contributed by atoms with Gasteiger partial charge >= 0.3 is 0 Å². The van der Waals surface area contributed by atoms with E-state index >= 15 is 0 Å². The summed E-state index contributed by atoms with van der Waals surface area (Å²) in [5.74, 6) is 1.03. The van der Waals surface area contributed by atoms with Crippen LogP contribution >= 0.6 is 0 Å². The van der Waals surface area contributed by atoms with Crippen molar-refractivity contribution in [1.82, 2.24) is 5.32 Å². The van der Waals surface area contributed by atoms with Crippen LogP contribution in [0.5, 0.6) is 11.5 Å². The van der Waals surface area contributed by atoms with Gasteiger partial charge in [0.1, 0.15) is 25.1 Å². The first-order valence-corrected chi connectivity index (χ1v) is 7.04. The molecule has 112 valence electrons. The predicted molar refractivity (Wildman–Crippen MR) is 79.0 cm³/mol. The van der Waals surface area contributed by atoms with E-state index in [4.69, 9.17) is 9.47 Å². The zero-order valence-electron chi connectivity index (χ0n) is 11.9. The molecular formula is C17H15FN2O2. The summed E-state index contributed by atoms with van der Waals surface area (Å²) < 4.78 is 24.6. The molecule has 1 aliphatic heterocycles. The van der Waals surface area contributed by atoms with Gasteiger partial charge in [-0.25, -0.2) is 4.39 Å². The van der Waals surface area contributed by atoms with Gasteiger partial charge in [-0.15, -0.1) is 0 Å². The molecule has 3 rings (SSSR count). The van der Waals surface area contributed by atoms with Crippen molar-refractivity contribution in [3.63, 3.8) is 0 Å². The van der Waals surface area contributed by atoms with Crippen molar-refractivity contribution in [1.29, 1.82) is 5.26 Å². The first-order valence-electron chi connectivity index (χ1n) is 7.04. The van der Waals surface area contributed by atoms with E-state index in [0.717, 1.165) is 5.56 Å². The quantitative estimate of drug-likeness (QED) is 0.943. The Labute approximate surface area is 128 Å².